The van der Waals surface area contributed by atoms with Crippen molar-refractivity contribution in [3.63, 3.8) is 0 Å². The van der Waals surface area contributed by atoms with Crippen LogP contribution in [-0.2, 0) is 14.3 Å². The van der Waals surface area contributed by atoms with Gasteiger partial charge >= 0.3 is 6.09 Å². The zero-order valence-electron chi connectivity index (χ0n) is 32.0. The molecule has 1 aliphatic carbocycles. The number of rotatable bonds is 11. The van der Waals surface area contributed by atoms with Crippen molar-refractivity contribution in [1.29, 1.82) is 0 Å². The molecule has 286 valence electrons. The Morgan fingerprint density at radius 2 is 1.24 bits per heavy atom. The molecule has 12 heteroatoms. The molecule has 4 aromatic rings. The van der Waals surface area contributed by atoms with E-state index < -0.39 is 12.1 Å². The summed E-state index contributed by atoms with van der Waals surface area (Å²) >= 11 is 0. The first-order chi connectivity index (χ1) is 26.3. The van der Waals surface area contributed by atoms with Gasteiger partial charge in [-0.1, -0.05) is 62.4 Å². The van der Waals surface area contributed by atoms with E-state index in [0.29, 0.717) is 18.5 Å². The van der Waals surface area contributed by atoms with Crippen LogP contribution in [0.15, 0.2) is 60.9 Å². The summed E-state index contributed by atoms with van der Waals surface area (Å²) in [5.74, 6) is 1.90. The standard InChI is InChI=1S/C42H54N8O4/c1-5-48(6-2)33-21-19-32(20-22-33)41(52)50-24-8-10-37(50)39-44-26-35(47-39)31-17-13-29(14-18-31)28-11-15-30(16-12-28)34-25-43-38(46-34)36-9-7-23-49(36)40(51)27(3)45-42(53)54-4/h11-18,25-27,32-33,36-37H,5-10,19-24H2,1-4H3,(H,43,46)(H,44,47)(H,45,53)/t27-,32?,33?,36?,37-/m0/s1. The first kappa shape index (κ1) is 37.3. The molecule has 3 amide bonds. The molecule has 3 aliphatic rings. The maximum atomic E-state index is 13.7. The van der Waals surface area contributed by atoms with Crippen molar-refractivity contribution in [1.82, 2.24) is 40.0 Å². The number of nitrogens with zero attached hydrogens (tertiary/aromatic N) is 5. The lowest BCUT2D eigenvalue weighted by Crippen LogP contribution is -2.46. The molecule has 1 saturated carbocycles. The summed E-state index contributed by atoms with van der Waals surface area (Å²) in [6.45, 7) is 9.70. The van der Waals surface area contributed by atoms with E-state index in [1.807, 2.05) is 12.4 Å². The number of H-pyrrole nitrogens is 2. The summed E-state index contributed by atoms with van der Waals surface area (Å²) in [6.07, 6.45) is 10.9. The highest BCUT2D eigenvalue weighted by atomic mass is 16.5. The second kappa shape index (κ2) is 16.6. The molecule has 0 spiro atoms. The number of hydrogen-bond donors (Lipinski definition) is 3. The second-order valence-corrected chi connectivity index (χ2v) is 15.0. The fourth-order valence-electron chi connectivity index (χ4n) is 8.83. The van der Waals surface area contributed by atoms with Gasteiger partial charge in [0.1, 0.15) is 17.7 Å². The lowest BCUT2D eigenvalue weighted by Gasteiger charge is -2.37. The van der Waals surface area contributed by atoms with Crippen LogP contribution < -0.4 is 5.32 Å². The van der Waals surface area contributed by atoms with Gasteiger partial charge in [0.25, 0.3) is 0 Å². The number of alkyl carbamates (subject to hydrolysis) is 1. The lowest BCUT2D eigenvalue weighted by atomic mass is 9.84. The highest BCUT2D eigenvalue weighted by Gasteiger charge is 2.38. The fraction of sp³-hybridized carbons (Fsp3) is 0.500. The van der Waals surface area contributed by atoms with Crippen molar-refractivity contribution in [2.75, 3.05) is 33.3 Å². The van der Waals surface area contributed by atoms with Gasteiger partial charge in [-0.05, 0) is 93.6 Å². The highest BCUT2D eigenvalue weighted by molar-refractivity contribution is 5.86. The van der Waals surface area contributed by atoms with Gasteiger partial charge in [0, 0.05) is 25.0 Å². The number of aromatic amines is 2. The van der Waals surface area contributed by atoms with Gasteiger partial charge in [-0.3, -0.25) is 9.59 Å². The molecule has 3 atom stereocenters. The third kappa shape index (κ3) is 7.80. The number of ether oxygens (including phenoxy) is 1. The highest BCUT2D eigenvalue weighted by Crippen LogP contribution is 2.37. The average molecular weight is 735 g/mol. The smallest absolute Gasteiger partial charge is 0.407 e. The van der Waals surface area contributed by atoms with Crippen molar-refractivity contribution >= 4 is 17.9 Å². The Labute approximate surface area is 318 Å². The number of methoxy groups -OCH3 is 1. The number of imidazole rings is 2. The summed E-state index contributed by atoms with van der Waals surface area (Å²) in [4.78, 5) is 61.3. The zero-order valence-corrected chi connectivity index (χ0v) is 32.0. The van der Waals surface area contributed by atoms with E-state index in [-0.39, 0.29) is 23.9 Å². The fourth-order valence-corrected chi connectivity index (χ4v) is 8.83. The van der Waals surface area contributed by atoms with E-state index in [1.165, 1.54) is 7.11 Å². The minimum Gasteiger partial charge on any atom is -0.453 e. The molecule has 0 radical (unpaired) electrons. The van der Waals surface area contributed by atoms with E-state index in [1.54, 1.807) is 11.8 Å². The number of likely N-dealkylation sites (tertiary alicyclic amines) is 2. The van der Waals surface area contributed by atoms with Crippen LogP contribution in [0.4, 0.5) is 4.79 Å². The van der Waals surface area contributed by atoms with E-state index in [4.69, 9.17) is 4.98 Å². The first-order valence-corrected chi connectivity index (χ1v) is 19.8. The third-order valence-corrected chi connectivity index (χ3v) is 11.9. The quantitative estimate of drug-likeness (QED) is 0.149. The normalized spacial score (nSPS) is 22.1. The predicted octanol–water partition coefficient (Wildman–Crippen LogP) is 7.11. The maximum absolute atomic E-state index is 13.7. The van der Waals surface area contributed by atoms with Crippen LogP contribution in [0.1, 0.15) is 95.9 Å². The molecule has 2 saturated heterocycles. The van der Waals surface area contributed by atoms with E-state index >= 15 is 0 Å². The van der Waals surface area contributed by atoms with Gasteiger partial charge in [-0.15, -0.1) is 0 Å². The van der Waals surface area contributed by atoms with Gasteiger partial charge in [-0.25, -0.2) is 14.8 Å². The Balaban J connectivity index is 0.964. The van der Waals surface area contributed by atoms with Gasteiger partial charge in [0.15, 0.2) is 0 Å². The molecule has 0 bridgehead atoms. The summed E-state index contributed by atoms with van der Waals surface area (Å²) in [5, 5.41) is 2.57. The topological polar surface area (TPSA) is 140 Å². The summed E-state index contributed by atoms with van der Waals surface area (Å²) in [5.41, 5.74) is 6.10. The lowest BCUT2D eigenvalue weighted by molar-refractivity contribution is -0.138. The number of hydrogen-bond acceptors (Lipinski definition) is 7. The van der Waals surface area contributed by atoms with Crippen molar-refractivity contribution in [3.8, 4) is 33.6 Å². The van der Waals surface area contributed by atoms with Gasteiger partial charge in [-0.2, -0.15) is 0 Å². The average Bonchev–Trinajstić information content (AvgIpc) is 4.05. The Morgan fingerprint density at radius 1 is 0.759 bits per heavy atom. The number of carbonyl (C=O) groups is 3. The number of carbonyl (C=O) groups excluding carboxylic acids is 3. The van der Waals surface area contributed by atoms with Crippen molar-refractivity contribution in [3.05, 3.63) is 72.6 Å². The molecular weight excluding hydrogens is 681 g/mol. The monoisotopic (exact) mass is 734 g/mol. The molecule has 7 rings (SSSR count). The van der Waals surface area contributed by atoms with E-state index in [0.717, 1.165) is 116 Å². The van der Waals surface area contributed by atoms with Crippen LogP contribution in [0.2, 0.25) is 0 Å². The van der Waals surface area contributed by atoms with Crippen LogP contribution in [0.25, 0.3) is 33.6 Å². The molecule has 3 N–H and O–H groups in total. The second-order valence-electron chi connectivity index (χ2n) is 15.0. The Hall–Kier alpha value is -4.97. The molecule has 2 aromatic heterocycles. The predicted molar refractivity (Wildman–Crippen MR) is 208 cm³/mol. The van der Waals surface area contributed by atoms with Gasteiger partial charge < -0.3 is 34.7 Å². The molecule has 1 unspecified atom stereocenters. The number of nitrogens with one attached hydrogen (secondary N) is 3. The first-order valence-electron chi connectivity index (χ1n) is 19.8. The minimum absolute atomic E-state index is 0.00844. The molecule has 54 heavy (non-hydrogen) atoms. The molecule has 4 heterocycles. The Kier molecular flexibility index (Phi) is 11.5. The number of amides is 3. The Morgan fingerprint density at radius 3 is 1.74 bits per heavy atom. The Bertz CT molecular complexity index is 1890. The molecule has 2 aliphatic heterocycles. The van der Waals surface area contributed by atoms with Crippen LogP contribution in [0, 0.1) is 5.92 Å². The third-order valence-electron chi connectivity index (χ3n) is 11.9. The number of aromatic nitrogens is 4. The van der Waals surface area contributed by atoms with Gasteiger partial charge in [0.2, 0.25) is 11.8 Å². The number of benzene rings is 2. The van der Waals surface area contributed by atoms with E-state index in [2.05, 4.69) is 97.2 Å². The molecule has 3 fully saturated rings. The molecule has 2 aromatic carbocycles. The van der Waals surface area contributed by atoms with Crippen LogP contribution in [0.5, 0.6) is 0 Å². The van der Waals surface area contributed by atoms with Crippen LogP contribution in [-0.4, -0.2) is 97.9 Å². The van der Waals surface area contributed by atoms with Gasteiger partial charge in [0.05, 0.1) is 43.0 Å². The van der Waals surface area contributed by atoms with Crippen molar-refractivity contribution < 1.29 is 19.1 Å². The summed E-state index contributed by atoms with van der Waals surface area (Å²) < 4.78 is 4.66. The largest absolute Gasteiger partial charge is 0.453 e. The SMILES string of the molecule is CCN(CC)C1CCC(C(=O)N2CCC[C@H]2c2ncc(-c3ccc(-c4ccc(-c5cnc(C6CCCN6C(=O)[C@H](C)NC(=O)OC)[nH]5)cc4)cc3)[nH]2)CC1. The molecular formula is C42H54N8O4. The summed E-state index contributed by atoms with van der Waals surface area (Å²) in [6, 6.07) is 16.6. The van der Waals surface area contributed by atoms with Crippen molar-refractivity contribution in [2.24, 2.45) is 5.92 Å². The van der Waals surface area contributed by atoms with E-state index in [9.17, 15) is 14.4 Å². The van der Waals surface area contributed by atoms with Crippen LogP contribution in [0.3, 0.4) is 0 Å². The summed E-state index contributed by atoms with van der Waals surface area (Å²) in [7, 11) is 1.28. The zero-order chi connectivity index (χ0) is 37.8. The minimum atomic E-state index is -0.691. The van der Waals surface area contributed by atoms with Crippen molar-refractivity contribution in [2.45, 2.75) is 96.3 Å². The molecule has 12 nitrogen and oxygen atoms in total. The van der Waals surface area contributed by atoms with Crippen LogP contribution >= 0.6 is 0 Å². The maximum Gasteiger partial charge on any atom is 0.407 e.